The van der Waals surface area contributed by atoms with Crippen LogP contribution in [0.4, 0.5) is 10.1 Å². The Kier molecular flexibility index (Phi) is 5.62. The molecule has 1 aromatic heterocycles. The second-order valence-electron chi connectivity index (χ2n) is 6.73. The molecule has 154 valence electrons. The van der Waals surface area contributed by atoms with E-state index in [-0.39, 0.29) is 17.0 Å². The highest BCUT2D eigenvalue weighted by Gasteiger charge is 2.23. The molecule has 6 heteroatoms. The van der Waals surface area contributed by atoms with E-state index in [9.17, 15) is 14.0 Å². The molecule has 0 saturated heterocycles. The van der Waals surface area contributed by atoms with Gasteiger partial charge in [-0.1, -0.05) is 24.3 Å². The van der Waals surface area contributed by atoms with Crippen molar-refractivity contribution in [2.45, 2.75) is 0 Å². The first kappa shape index (κ1) is 20.1. The summed E-state index contributed by atoms with van der Waals surface area (Å²) in [5, 5.41) is 3.35. The molecule has 3 aromatic carbocycles. The molecular weight excluding hydrogens is 397 g/mol. The fraction of sp³-hybridized carbons (Fsp3) is 0.0400. The van der Waals surface area contributed by atoms with Crippen LogP contribution in [0.1, 0.15) is 21.7 Å². The molecule has 0 aliphatic heterocycles. The fourth-order valence-corrected chi connectivity index (χ4v) is 3.11. The van der Waals surface area contributed by atoms with E-state index in [0.29, 0.717) is 11.0 Å². The van der Waals surface area contributed by atoms with Crippen LogP contribution in [-0.4, -0.2) is 18.8 Å². The smallest absolute Gasteiger partial charge is 0.248 e. The highest BCUT2D eigenvalue weighted by molar-refractivity contribution is 6.18. The number of hydrogen-bond donors (Lipinski definition) is 1. The van der Waals surface area contributed by atoms with Crippen molar-refractivity contribution in [3.63, 3.8) is 0 Å². The number of hydrogen-bond acceptors (Lipinski definition) is 4. The second kappa shape index (κ2) is 8.67. The van der Waals surface area contributed by atoms with Gasteiger partial charge in [0.15, 0.2) is 5.76 Å². The van der Waals surface area contributed by atoms with Gasteiger partial charge in [0.05, 0.1) is 12.8 Å². The molecule has 0 saturated carbocycles. The molecule has 0 fully saturated rings. The second-order valence-corrected chi connectivity index (χ2v) is 6.73. The lowest BCUT2D eigenvalue weighted by molar-refractivity contribution is -0.111. The number of ether oxygens (including phenoxy) is 1. The lowest BCUT2D eigenvalue weighted by atomic mass is 10.1. The molecule has 1 heterocycles. The summed E-state index contributed by atoms with van der Waals surface area (Å²) in [6, 6.07) is 19.4. The van der Waals surface area contributed by atoms with Crippen LogP contribution in [0.15, 0.2) is 83.3 Å². The first-order chi connectivity index (χ1) is 15.0. The predicted octanol–water partition coefficient (Wildman–Crippen LogP) is 5.46. The summed E-state index contributed by atoms with van der Waals surface area (Å²) in [6.45, 7) is 0. The van der Waals surface area contributed by atoms with Crippen molar-refractivity contribution in [1.29, 1.82) is 0 Å². The number of halogens is 1. The van der Waals surface area contributed by atoms with E-state index >= 15 is 0 Å². The summed E-state index contributed by atoms with van der Waals surface area (Å²) >= 11 is 0. The van der Waals surface area contributed by atoms with E-state index < -0.39 is 17.5 Å². The van der Waals surface area contributed by atoms with E-state index in [4.69, 9.17) is 9.15 Å². The lowest BCUT2D eigenvalue weighted by Gasteiger charge is -2.04. The molecule has 1 N–H and O–H groups in total. The molecule has 5 nitrogen and oxygen atoms in total. The number of carbonyl (C=O) groups excluding carboxylic acids is 2. The molecule has 0 unspecified atom stereocenters. The maximum Gasteiger partial charge on any atom is 0.248 e. The maximum absolute atomic E-state index is 13.2. The van der Waals surface area contributed by atoms with Gasteiger partial charge in [-0.25, -0.2) is 4.39 Å². The molecule has 0 bridgehead atoms. The number of amides is 1. The number of rotatable bonds is 6. The molecule has 0 aliphatic carbocycles. The van der Waals surface area contributed by atoms with Gasteiger partial charge in [0.1, 0.15) is 17.1 Å². The van der Waals surface area contributed by atoms with Crippen molar-refractivity contribution in [2.24, 2.45) is 0 Å². The van der Waals surface area contributed by atoms with Gasteiger partial charge >= 0.3 is 0 Å². The molecular formula is C25H18FNO4. The molecule has 0 aliphatic rings. The Labute approximate surface area is 177 Å². The van der Waals surface area contributed by atoms with Crippen molar-refractivity contribution in [1.82, 2.24) is 0 Å². The van der Waals surface area contributed by atoms with Crippen molar-refractivity contribution >= 4 is 34.4 Å². The number of furan rings is 1. The Morgan fingerprint density at radius 2 is 1.68 bits per heavy atom. The SMILES string of the molecule is COc1ccc(C=CC(=O)Nc2c(C(=O)c3ccc(F)cc3)oc3ccccc23)cc1. The summed E-state index contributed by atoms with van der Waals surface area (Å²) < 4.78 is 24.1. The Morgan fingerprint density at radius 1 is 0.968 bits per heavy atom. The van der Waals surface area contributed by atoms with Crippen LogP contribution in [0.25, 0.3) is 17.0 Å². The van der Waals surface area contributed by atoms with E-state index in [2.05, 4.69) is 5.32 Å². The molecule has 4 aromatic rings. The van der Waals surface area contributed by atoms with Gasteiger partial charge in [0.25, 0.3) is 0 Å². The van der Waals surface area contributed by atoms with Crippen LogP contribution in [0.5, 0.6) is 5.75 Å². The zero-order valence-electron chi connectivity index (χ0n) is 16.6. The first-order valence-electron chi connectivity index (χ1n) is 9.50. The predicted molar refractivity (Wildman–Crippen MR) is 117 cm³/mol. The van der Waals surface area contributed by atoms with Crippen LogP contribution in [0.3, 0.4) is 0 Å². The van der Waals surface area contributed by atoms with Crippen LogP contribution in [-0.2, 0) is 4.79 Å². The van der Waals surface area contributed by atoms with Crippen LogP contribution in [0, 0.1) is 5.82 Å². The van der Waals surface area contributed by atoms with Crippen LogP contribution < -0.4 is 10.1 Å². The lowest BCUT2D eigenvalue weighted by Crippen LogP contribution is -2.11. The minimum absolute atomic E-state index is 0.0148. The Bertz CT molecular complexity index is 1270. The standard InChI is InChI=1S/C25H18FNO4/c1-30-19-13-6-16(7-14-19)8-15-22(28)27-23-20-4-2-3-5-21(20)31-25(23)24(29)17-9-11-18(26)12-10-17/h2-15H,1H3,(H,27,28). The number of benzene rings is 3. The highest BCUT2D eigenvalue weighted by Crippen LogP contribution is 2.32. The Morgan fingerprint density at radius 3 is 2.39 bits per heavy atom. The maximum atomic E-state index is 13.2. The zero-order valence-corrected chi connectivity index (χ0v) is 16.6. The third-order valence-corrected chi connectivity index (χ3v) is 4.70. The molecule has 0 spiro atoms. The fourth-order valence-electron chi connectivity index (χ4n) is 3.11. The average Bonchev–Trinajstić information content (AvgIpc) is 3.16. The number of anilines is 1. The molecule has 0 radical (unpaired) electrons. The Hall–Kier alpha value is -4.19. The minimum atomic E-state index is -0.453. The van der Waals surface area contributed by atoms with Gasteiger partial charge in [-0.3, -0.25) is 9.59 Å². The topological polar surface area (TPSA) is 68.5 Å². The number of ketones is 1. The summed E-state index contributed by atoms with van der Waals surface area (Å²) in [4.78, 5) is 25.6. The largest absolute Gasteiger partial charge is 0.497 e. The van der Waals surface area contributed by atoms with Crippen LogP contribution >= 0.6 is 0 Å². The third kappa shape index (κ3) is 4.38. The monoisotopic (exact) mass is 415 g/mol. The number of para-hydroxylation sites is 1. The first-order valence-corrected chi connectivity index (χ1v) is 9.50. The van der Waals surface area contributed by atoms with Crippen molar-refractivity contribution in [3.8, 4) is 5.75 Å². The van der Waals surface area contributed by atoms with Crippen molar-refractivity contribution in [2.75, 3.05) is 12.4 Å². The number of nitrogens with one attached hydrogen (secondary N) is 1. The zero-order chi connectivity index (χ0) is 21.8. The van der Waals surface area contributed by atoms with Crippen LogP contribution in [0.2, 0.25) is 0 Å². The van der Waals surface area contributed by atoms with Gasteiger partial charge in [-0.05, 0) is 60.2 Å². The summed E-state index contributed by atoms with van der Waals surface area (Å²) in [6.07, 6.45) is 3.02. The normalized spacial score (nSPS) is 11.0. The van der Waals surface area contributed by atoms with Gasteiger partial charge in [0, 0.05) is 17.0 Å². The van der Waals surface area contributed by atoms with E-state index in [1.807, 2.05) is 12.1 Å². The van der Waals surface area contributed by atoms with Gasteiger partial charge in [0.2, 0.25) is 11.7 Å². The van der Waals surface area contributed by atoms with Crippen molar-refractivity contribution < 1.29 is 23.1 Å². The van der Waals surface area contributed by atoms with Crippen molar-refractivity contribution in [3.05, 3.63) is 102 Å². The molecule has 4 rings (SSSR count). The summed E-state index contributed by atoms with van der Waals surface area (Å²) in [5.41, 5.74) is 1.80. The van der Waals surface area contributed by atoms with Gasteiger partial charge in [-0.15, -0.1) is 0 Å². The van der Waals surface area contributed by atoms with Gasteiger partial charge < -0.3 is 14.5 Å². The summed E-state index contributed by atoms with van der Waals surface area (Å²) in [5.74, 6) is -0.617. The summed E-state index contributed by atoms with van der Waals surface area (Å²) in [7, 11) is 1.58. The molecule has 0 atom stereocenters. The number of methoxy groups -OCH3 is 1. The van der Waals surface area contributed by atoms with E-state index in [1.165, 1.54) is 30.3 Å². The minimum Gasteiger partial charge on any atom is -0.497 e. The Balaban J connectivity index is 1.63. The molecule has 1 amide bonds. The third-order valence-electron chi connectivity index (χ3n) is 4.70. The van der Waals surface area contributed by atoms with E-state index in [1.54, 1.807) is 49.6 Å². The molecule has 31 heavy (non-hydrogen) atoms. The number of carbonyl (C=O) groups is 2. The average molecular weight is 415 g/mol. The van der Waals surface area contributed by atoms with E-state index in [0.717, 1.165) is 11.3 Å². The number of fused-ring (bicyclic) bond motifs is 1. The highest BCUT2D eigenvalue weighted by atomic mass is 19.1. The van der Waals surface area contributed by atoms with Gasteiger partial charge in [-0.2, -0.15) is 0 Å². The quantitative estimate of drug-likeness (QED) is 0.335.